The number of aromatic nitrogens is 1. The van der Waals surface area contributed by atoms with Gasteiger partial charge >= 0.3 is 59.1 Å². The molecule has 18 heteroatoms. The number of hydrogen-bond acceptors (Lipinski definition) is 11. The van der Waals surface area contributed by atoms with Gasteiger partial charge in [0.1, 0.15) is 15.8 Å². The molecule has 0 radical (unpaired) electrons. The van der Waals surface area contributed by atoms with E-state index in [2.05, 4.69) is 5.32 Å². The fourth-order valence-corrected chi connectivity index (χ4v) is 9.25. The molecule has 3 aliphatic heterocycles. The number of nitrogens with one attached hydrogen (secondary N) is 1. The summed E-state index contributed by atoms with van der Waals surface area (Å²) in [7, 11) is 0. The van der Waals surface area contributed by atoms with Gasteiger partial charge in [-0.05, 0) is 32.3 Å². The maximum atomic E-state index is 16.0. The predicted molar refractivity (Wildman–Crippen MR) is 169 cm³/mol. The molecule has 1 unspecified atom stereocenters. The molecule has 11 nitrogen and oxygen atoms in total. The summed E-state index contributed by atoms with van der Waals surface area (Å²) in [6.45, 7) is 3.89. The minimum absolute atomic E-state index is 0. The van der Waals surface area contributed by atoms with Gasteiger partial charge in [0.25, 0.3) is 0 Å². The Balaban J connectivity index is 0.00000260. The van der Waals surface area contributed by atoms with Gasteiger partial charge in [-0.25, -0.2) is 8.78 Å². The Morgan fingerprint density at radius 1 is 1.15 bits per heavy atom. The van der Waals surface area contributed by atoms with Crippen molar-refractivity contribution >= 4 is 74.5 Å². The van der Waals surface area contributed by atoms with Gasteiger partial charge in [-0.1, -0.05) is 30.9 Å². The summed E-state index contributed by atoms with van der Waals surface area (Å²) in [4.78, 5) is 51.9. The van der Waals surface area contributed by atoms with Gasteiger partial charge in [-0.3, -0.25) is 9.59 Å². The summed E-state index contributed by atoms with van der Waals surface area (Å²) in [5, 5.41) is 36.2. The average Bonchev–Trinajstić information content (AvgIpc) is 3.67. The topological polar surface area (TPSA) is 158 Å². The third-order valence-electron chi connectivity index (χ3n) is 9.05. The van der Waals surface area contributed by atoms with Crippen LogP contribution in [0.15, 0.2) is 27.7 Å². The van der Waals surface area contributed by atoms with Crippen molar-refractivity contribution in [3.8, 4) is 0 Å². The average molecular weight is 739 g/mol. The Labute approximate surface area is 332 Å². The molecule has 5 atom stereocenters. The molecule has 246 valence electrons. The number of thioether (sulfide) groups is 2. The number of aliphatic carboxylic acids is 1. The molecule has 2 saturated heterocycles. The summed E-state index contributed by atoms with van der Waals surface area (Å²) in [5.74, 6) is -5.34. The van der Waals surface area contributed by atoms with Gasteiger partial charge in [-0.15, -0.1) is 11.8 Å². The molecule has 1 aromatic carbocycles. The van der Waals surface area contributed by atoms with E-state index in [-0.39, 0.29) is 106 Å². The zero-order valence-corrected chi connectivity index (χ0v) is 33.2. The number of carbonyl (C=O) groups excluding carboxylic acids is 3. The molecule has 0 spiro atoms. The number of carboxylic acids is 2. The number of β-lactam (4-membered cyclic amide) rings is 1. The Bertz CT molecular complexity index is 1770. The molecule has 2 aromatic rings. The normalized spacial score (nSPS) is 23.7. The number of fused-ring (bicyclic) bond motifs is 2. The molecule has 1 amide bonds. The molecular formula is C30H30F2N4Na2O7S3. The number of hydrogen-bond donors (Lipinski definition) is 2. The van der Waals surface area contributed by atoms with Crippen molar-refractivity contribution in [1.82, 2.24) is 14.8 Å². The van der Waals surface area contributed by atoms with Crippen LogP contribution < -0.4 is 85.0 Å². The second-order valence-electron chi connectivity index (χ2n) is 12.0. The van der Waals surface area contributed by atoms with E-state index in [4.69, 9.17) is 12.2 Å². The number of aliphatic hydroxyl groups excluding tert-OH is 1. The Morgan fingerprint density at radius 2 is 1.83 bits per heavy atom. The second-order valence-corrected chi connectivity index (χ2v) is 14.9. The van der Waals surface area contributed by atoms with E-state index >= 15 is 8.78 Å². The van der Waals surface area contributed by atoms with Crippen LogP contribution in [0.1, 0.15) is 49.5 Å². The standard InChI is InChI=1S/C30H32F2N4O7S3.2Na/c1-12-21-19(13(2)37)27(39)36(21)24(29(42)43)26(12)45-7-8-46-30(44)33-14-5-6-34(10-14)23-18(31)9-16-22(20(23)32)35(15-3-4-15)11-17(25(16)38)28(40)41;;/h9,11-15,19,21,37H,3-8,10H2,1-2H3,(H,33,44)(H,40,41)(H,42,43);;/q;2*+1/p-2/t12-,13+,14?,19-,21-;;/m0../s1. The molecule has 4 heterocycles. The Hall–Kier alpha value is -1.21. The number of aromatic carboxylic acids is 1. The van der Waals surface area contributed by atoms with Gasteiger partial charge < -0.3 is 44.6 Å². The van der Waals surface area contributed by atoms with Crippen LogP contribution in [0.25, 0.3) is 10.9 Å². The fourth-order valence-electron chi connectivity index (χ4n) is 6.79. The number of carbonyl (C=O) groups is 3. The van der Waals surface area contributed by atoms with E-state index < -0.39 is 58.5 Å². The minimum atomic E-state index is -1.70. The van der Waals surface area contributed by atoms with Crippen LogP contribution in [0.3, 0.4) is 0 Å². The number of aliphatic hydroxyl groups is 1. The van der Waals surface area contributed by atoms with E-state index in [9.17, 15) is 34.5 Å². The monoisotopic (exact) mass is 738 g/mol. The molecule has 0 bridgehead atoms. The summed E-state index contributed by atoms with van der Waals surface area (Å²) >= 11 is 8.14. The van der Waals surface area contributed by atoms with Crippen molar-refractivity contribution in [2.24, 2.45) is 11.8 Å². The van der Waals surface area contributed by atoms with Gasteiger partial charge in [-0.2, -0.15) is 0 Å². The zero-order chi connectivity index (χ0) is 33.2. The maximum absolute atomic E-state index is 16.0. The van der Waals surface area contributed by atoms with Crippen LogP contribution in [0.5, 0.6) is 0 Å². The number of pyridine rings is 1. The van der Waals surface area contributed by atoms with E-state index in [0.717, 1.165) is 12.3 Å². The van der Waals surface area contributed by atoms with E-state index in [1.165, 1.54) is 39.9 Å². The third-order valence-corrected chi connectivity index (χ3v) is 11.8. The smallest absolute Gasteiger partial charge is 0.545 e. The van der Waals surface area contributed by atoms with Gasteiger partial charge in [0, 0.05) is 53.7 Å². The number of nitrogens with zero attached hydrogens (tertiary/aromatic N) is 3. The van der Waals surface area contributed by atoms with E-state index in [0.29, 0.717) is 46.5 Å². The first-order chi connectivity index (χ1) is 21.8. The van der Waals surface area contributed by atoms with Crippen LogP contribution in [0.4, 0.5) is 14.5 Å². The van der Waals surface area contributed by atoms with Crippen molar-refractivity contribution in [3.63, 3.8) is 0 Å². The number of thiocarbonyl (C=S) groups is 1. The Morgan fingerprint density at radius 3 is 2.44 bits per heavy atom. The van der Waals surface area contributed by atoms with Crippen molar-refractivity contribution in [1.29, 1.82) is 0 Å². The summed E-state index contributed by atoms with van der Waals surface area (Å²) in [5.41, 5.74) is -2.18. The van der Waals surface area contributed by atoms with Gasteiger partial charge in [0.05, 0.1) is 52.2 Å². The molecule has 4 aliphatic rings. The first-order valence-electron chi connectivity index (χ1n) is 14.9. The quantitative estimate of drug-likeness (QED) is 0.104. The van der Waals surface area contributed by atoms with Gasteiger partial charge in [0.15, 0.2) is 11.2 Å². The number of carboxylic acid groups (broad SMARTS) is 2. The summed E-state index contributed by atoms with van der Waals surface area (Å²) < 4.78 is 33.2. The molecule has 48 heavy (non-hydrogen) atoms. The summed E-state index contributed by atoms with van der Waals surface area (Å²) in [6.07, 6.45) is 2.08. The number of benzene rings is 1. The van der Waals surface area contributed by atoms with Crippen molar-refractivity contribution < 1.29 is 97.6 Å². The zero-order valence-electron chi connectivity index (χ0n) is 26.8. The van der Waals surface area contributed by atoms with Crippen molar-refractivity contribution in [2.45, 2.75) is 57.3 Å². The minimum Gasteiger partial charge on any atom is -0.545 e. The molecule has 1 saturated carbocycles. The van der Waals surface area contributed by atoms with Crippen LogP contribution in [-0.2, 0) is 9.59 Å². The van der Waals surface area contributed by atoms with Crippen molar-refractivity contribution in [3.05, 3.63) is 50.3 Å². The molecule has 1 aliphatic carbocycles. The number of rotatable bonds is 10. The van der Waals surface area contributed by atoms with E-state index in [1.54, 1.807) is 4.90 Å². The number of amides is 1. The van der Waals surface area contributed by atoms with Crippen LogP contribution >= 0.6 is 35.7 Å². The van der Waals surface area contributed by atoms with Crippen LogP contribution in [0, 0.1) is 23.5 Å². The second kappa shape index (κ2) is 15.6. The SMILES string of the molecule is C[C@@H]1C(SCCSC(=S)NC2CCN(c3c(F)cc4c(=O)c(C(=O)[O-])cn(C5CC5)c4c3F)C2)=C(C(=O)[O-])N2C(=O)[C@@H]([C@@H](C)O)[C@H]12.[Na+].[Na+]. The third kappa shape index (κ3) is 7.13. The first kappa shape index (κ1) is 39.6. The number of anilines is 1. The van der Waals surface area contributed by atoms with E-state index in [1.807, 2.05) is 6.92 Å². The molecular weight excluding hydrogens is 709 g/mol. The van der Waals surface area contributed by atoms with Crippen molar-refractivity contribution in [2.75, 3.05) is 29.5 Å². The number of halogens is 2. The fraction of sp³-hybridized carbons (Fsp3) is 0.500. The molecule has 1 aromatic heterocycles. The molecule has 6 rings (SSSR count). The Kier molecular flexibility index (Phi) is 12.8. The first-order valence-corrected chi connectivity index (χ1v) is 17.3. The van der Waals surface area contributed by atoms with Crippen LogP contribution in [0.2, 0.25) is 0 Å². The summed E-state index contributed by atoms with van der Waals surface area (Å²) in [6, 6.07) is 0.0748. The van der Waals surface area contributed by atoms with Crippen LogP contribution in [-0.4, -0.2) is 79.5 Å². The molecule has 2 N–H and O–H groups in total. The predicted octanol–water partition coefficient (Wildman–Crippen LogP) is -5.28. The maximum Gasteiger partial charge on any atom is 1.00 e. The molecule has 3 fully saturated rings. The largest absolute Gasteiger partial charge is 1.00 e. The van der Waals surface area contributed by atoms with Gasteiger partial charge in [0.2, 0.25) is 5.91 Å².